The molecule has 1 N–H and O–H groups in total. The maximum absolute atomic E-state index is 11.7. The molecular formula is C27H20Cl4N2O4. The molecule has 0 atom stereocenters. The molecule has 0 amide bonds. The summed E-state index contributed by atoms with van der Waals surface area (Å²) in [6, 6.07) is 17.6. The van der Waals surface area contributed by atoms with Crippen LogP contribution in [0, 0.1) is 0 Å². The number of methoxy groups -OCH3 is 1. The number of carbonyl (C=O) groups is 2. The number of pyridine rings is 2. The zero-order valence-electron chi connectivity index (χ0n) is 19.4. The Morgan fingerprint density at radius 1 is 0.730 bits per heavy atom. The Kier molecular flexibility index (Phi) is 10.3. The van der Waals surface area contributed by atoms with Gasteiger partial charge in [0.15, 0.2) is 0 Å². The average molecular weight is 578 g/mol. The Bertz CT molecular complexity index is 1430. The van der Waals surface area contributed by atoms with Crippen molar-refractivity contribution in [2.24, 2.45) is 0 Å². The van der Waals surface area contributed by atoms with Crippen molar-refractivity contribution in [1.82, 2.24) is 9.97 Å². The van der Waals surface area contributed by atoms with Crippen LogP contribution in [0.4, 0.5) is 0 Å². The summed E-state index contributed by atoms with van der Waals surface area (Å²) in [4.78, 5) is 31.1. The minimum atomic E-state index is -1.04. The third-order valence-corrected chi connectivity index (χ3v) is 5.91. The predicted molar refractivity (Wildman–Crippen MR) is 145 cm³/mol. The first-order valence-electron chi connectivity index (χ1n) is 10.8. The fourth-order valence-electron chi connectivity index (χ4n) is 3.37. The Labute approximate surface area is 233 Å². The lowest BCUT2D eigenvalue weighted by Gasteiger charge is -2.08. The van der Waals surface area contributed by atoms with Crippen molar-refractivity contribution >= 4 is 58.3 Å². The Hall–Kier alpha value is -3.16. The largest absolute Gasteiger partial charge is 0.478 e. The third kappa shape index (κ3) is 8.44. The number of carboxylic acid groups (broad SMARTS) is 1. The zero-order chi connectivity index (χ0) is 26.9. The van der Waals surface area contributed by atoms with Crippen LogP contribution in [0.5, 0.6) is 0 Å². The topological polar surface area (TPSA) is 89.4 Å². The van der Waals surface area contributed by atoms with Gasteiger partial charge in [-0.05, 0) is 47.5 Å². The molecule has 0 saturated carbocycles. The van der Waals surface area contributed by atoms with Crippen molar-refractivity contribution in [3.63, 3.8) is 0 Å². The van der Waals surface area contributed by atoms with E-state index in [-0.39, 0.29) is 5.56 Å². The molecule has 37 heavy (non-hydrogen) atoms. The van der Waals surface area contributed by atoms with Gasteiger partial charge < -0.3 is 9.84 Å². The summed E-state index contributed by atoms with van der Waals surface area (Å²) in [5.74, 6) is -1.49. The van der Waals surface area contributed by atoms with Crippen LogP contribution in [0.25, 0.3) is 0 Å². The van der Waals surface area contributed by atoms with Gasteiger partial charge in [-0.1, -0.05) is 70.7 Å². The van der Waals surface area contributed by atoms with Crippen LogP contribution in [-0.2, 0) is 17.6 Å². The summed E-state index contributed by atoms with van der Waals surface area (Å²) in [5, 5.41) is 11.1. The van der Waals surface area contributed by atoms with E-state index in [1.54, 1.807) is 24.3 Å². The summed E-state index contributed by atoms with van der Waals surface area (Å²) in [6.07, 6.45) is 3.84. The number of ether oxygens (including phenoxy) is 1. The molecule has 6 nitrogen and oxygen atoms in total. The van der Waals surface area contributed by atoms with E-state index >= 15 is 0 Å². The molecule has 2 aromatic carbocycles. The highest BCUT2D eigenvalue weighted by Crippen LogP contribution is 2.20. The lowest BCUT2D eigenvalue weighted by Crippen LogP contribution is -2.08. The smallest absolute Gasteiger partial charge is 0.339 e. The average Bonchev–Trinajstić information content (AvgIpc) is 2.86. The molecule has 4 aromatic rings. The van der Waals surface area contributed by atoms with Crippen molar-refractivity contribution in [2.45, 2.75) is 12.8 Å². The Balaban J connectivity index is 0.000000206. The predicted octanol–water partition coefficient (Wildman–Crippen LogP) is 7.44. The van der Waals surface area contributed by atoms with Gasteiger partial charge in [0.1, 0.15) is 0 Å². The van der Waals surface area contributed by atoms with Gasteiger partial charge in [0.2, 0.25) is 0 Å². The summed E-state index contributed by atoms with van der Waals surface area (Å²) >= 11 is 23.4. The molecular weight excluding hydrogens is 558 g/mol. The SMILES string of the molecule is COC(=O)c1cc(Cl)cnc1Cc1cccc(Cl)c1.O=C(O)c1cc(Cl)cnc1Cc1cccc(Cl)c1. The quantitative estimate of drug-likeness (QED) is 0.239. The van der Waals surface area contributed by atoms with Crippen molar-refractivity contribution in [3.05, 3.63) is 127 Å². The van der Waals surface area contributed by atoms with Gasteiger partial charge >= 0.3 is 11.9 Å². The normalized spacial score (nSPS) is 10.3. The molecule has 0 fully saturated rings. The van der Waals surface area contributed by atoms with E-state index in [1.807, 2.05) is 30.3 Å². The van der Waals surface area contributed by atoms with Gasteiger partial charge in [-0.3, -0.25) is 9.97 Å². The van der Waals surface area contributed by atoms with E-state index in [2.05, 4.69) is 9.97 Å². The highest BCUT2D eigenvalue weighted by molar-refractivity contribution is 6.31. The maximum Gasteiger partial charge on any atom is 0.339 e. The second-order valence-electron chi connectivity index (χ2n) is 7.71. The minimum Gasteiger partial charge on any atom is -0.478 e. The zero-order valence-corrected chi connectivity index (χ0v) is 22.4. The second kappa shape index (κ2) is 13.4. The van der Waals surface area contributed by atoms with Crippen LogP contribution in [-0.4, -0.2) is 34.1 Å². The molecule has 0 aliphatic carbocycles. The lowest BCUT2D eigenvalue weighted by atomic mass is 10.1. The Morgan fingerprint density at radius 2 is 1.19 bits per heavy atom. The number of hydrogen-bond acceptors (Lipinski definition) is 5. The van der Waals surface area contributed by atoms with E-state index in [0.29, 0.717) is 49.9 Å². The number of halogens is 4. The van der Waals surface area contributed by atoms with Crippen molar-refractivity contribution in [3.8, 4) is 0 Å². The summed E-state index contributed by atoms with van der Waals surface area (Å²) in [6.45, 7) is 0. The summed E-state index contributed by atoms with van der Waals surface area (Å²) in [7, 11) is 1.33. The molecule has 0 saturated heterocycles. The highest BCUT2D eigenvalue weighted by Gasteiger charge is 2.15. The Morgan fingerprint density at radius 3 is 1.62 bits per heavy atom. The first-order valence-corrected chi connectivity index (χ1v) is 12.3. The summed E-state index contributed by atoms with van der Waals surface area (Å²) < 4.78 is 4.73. The van der Waals surface area contributed by atoms with Crippen LogP contribution in [0.1, 0.15) is 43.2 Å². The van der Waals surface area contributed by atoms with Gasteiger partial charge in [-0.2, -0.15) is 0 Å². The van der Waals surface area contributed by atoms with Gasteiger partial charge in [0.25, 0.3) is 0 Å². The van der Waals surface area contributed by atoms with Gasteiger partial charge in [0, 0.05) is 35.3 Å². The summed E-state index contributed by atoms with van der Waals surface area (Å²) in [5.41, 5.74) is 3.43. The molecule has 4 rings (SSSR count). The molecule has 2 heterocycles. The van der Waals surface area contributed by atoms with E-state index < -0.39 is 11.9 Å². The van der Waals surface area contributed by atoms with Gasteiger partial charge in [-0.15, -0.1) is 0 Å². The fourth-order valence-corrected chi connectivity index (χ4v) is 4.11. The molecule has 0 aliphatic rings. The minimum absolute atomic E-state index is 0.113. The molecule has 0 bridgehead atoms. The number of aromatic nitrogens is 2. The fraction of sp³-hybridized carbons (Fsp3) is 0.111. The van der Waals surface area contributed by atoms with Crippen LogP contribution in [0.2, 0.25) is 20.1 Å². The highest BCUT2D eigenvalue weighted by atomic mass is 35.5. The maximum atomic E-state index is 11.7. The molecule has 0 radical (unpaired) electrons. The number of carbonyl (C=O) groups excluding carboxylic acids is 1. The van der Waals surface area contributed by atoms with Crippen LogP contribution >= 0.6 is 46.4 Å². The molecule has 10 heteroatoms. The first kappa shape index (κ1) is 28.4. The van der Waals surface area contributed by atoms with E-state index in [0.717, 1.165) is 11.1 Å². The van der Waals surface area contributed by atoms with Crippen LogP contribution in [0.15, 0.2) is 73.1 Å². The van der Waals surface area contributed by atoms with E-state index in [1.165, 1.54) is 25.6 Å². The van der Waals surface area contributed by atoms with Crippen molar-refractivity contribution in [1.29, 1.82) is 0 Å². The molecule has 0 unspecified atom stereocenters. The number of nitrogens with zero attached hydrogens (tertiary/aromatic N) is 2. The second-order valence-corrected chi connectivity index (χ2v) is 9.45. The van der Waals surface area contributed by atoms with E-state index in [4.69, 9.17) is 56.2 Å². The molecule has 0 aliphatic heterocycles. The standard InChI is InChI=1S/C14H11Cl2NO2.C13H9Cl2NO2/c1-19-14(18)12-7-11(16)8-17-13(12)6-9-3-2-4-10(15)5-9;14-9-3-1-2-8(4-9)5-12-11(13(17)18)6-10(15)7-16-12/h2-5,7-8H,6H2,1H3;1-4,6-7H,5H2,(H,17,18). The third-order valence-electron chi connectivity index (χ3n) is 5.03. The van der Waals surface area contributed by atoms with Gasteiger partial charge in [-0.25, -0.2) is 9.59 Å². The first-order chi connectivity index (χ1) is 17.7. The molecule has 190 valence electrons. The van der Waals surface area contributed by atoms with Crippen molar-refractivity contribution in [2.75, 3.05) is 7.11 Å². The molecule has 2 aromatic heterocycles. The van der Waals surface area contributed by atoms with E-state index in [9.17, 15) is 9.59 Å². The molecule has 0 spiro atoms. The lowest BCUT2D eigenvalue weighted by molar-refractivity contribution is 0.0598. The number of rotatable bonds is 6. The monoisotopic (exact) mass is 576 g/mol. The number of hydrogen-bond donors (Lipinski definition) is 1. The number of aromatic carboxylic acids is 1. The van der Waals surface area contributed by atoms with Crippen LogP contribution < -0.4 is 0 Å². The number of carboxylic acids is 1. The van der Waals surface area contributed by atoms with Crippen molar-refractivity contribution < 1.29 is 19.4 Å². The van der Waals surface area contributed by atoms with Crippen LogP contribution in [0.3, 0.4) is 0 Å². The number of esters is 1. The number of benzene rings is 2. The van der Waals surface area contributed by atoms with Gasteiger partial charge in [0.05, 0.1) is 39.7 Å².